The van der Waals surface area contributed by atoms with Crippen molar-refractivity contribution in [2.75, 3.05) is 0 Å². The molecule has 3 nitrogen and oxygen atoms in total. The minimum absolute atomic E-state index is 0.109. The molecule has 0 atom stereocenters. The first-order valence-corrected chi connectivity index (χ1v) is 8.31. The first kappa shape index (κ1) is 16.9. The van der Waals surface area contributed by atoms with E-state index in [1.165, 1.54) is 0 Å². The molecule has 0 fully saturated rings. The van der Waals surface area contributed by atoms with Crippen LogP contribution in [0.2, 0.25) is 0 Å². The summed E-state index contributed by atoms with van der Waals surface area (Å²) in [7, 11) is 0. The van der Waals surface area contributed by atoms with Gasteiger partial charge in [0.15, 0.2) is 0 Å². The van der Waals surface area contributed by atoms with Gasteiger partial charge in [0.25, 0.3) is 5.69 Å². The molecule has 3 aromatic carbocycles. The van der Waals surface area contributed by atoms with Gasteiger partial charge >= 0.3 is 0 Å². The van der Waals surface area contributed by atoms with Gasteiger partial charge in [0.05, 0.1) is 16.1 Å². The van der Waals surface area contributed by atoms with Gasteiger partial charge in [-0.2, -0.15) is 0 Å². The molecule has 0 bridgehead atoms. The zero-order valence-corrected chi connectivity index (χ0v) is 14.7. The van der Waals surface area contributed by atoms with Crippen molar-refractivity contribution in [1.82, 2.24) is 0 Å². The molecule has 0 unspecified atom stereocenters. The van der Waals surface area contributed by atoms with Gasteiger partial charge in [-0.15, -0.1) is 0 Å². The summed E-state index contributed by atoms with van der Waals surface area (Å²) in [4.78, 5) is 11.7. The molecule has 0 aliphatic rings. The number of nitro groups is 1. The predicted molar refractivity (Wildman–Crippen MR) is 103 cm³/mol. The maximum absolute atomic E-state index is 12.0. The van der Waals surface area contributed by atoms with Gasteiger partial charge in [-0.1, -0.05) is 81.4 Å². The van der Waals surface area contributed by atoms with E-state index in [4.69, 9.17) is 0 Å². The van der Waals surface area contributed by atoms with Crippen molar-refractivity contribution in [2.45, 2.75) is 26.2 Å². The lowest BCUT2D eigenvalue weighted by molar-refractivity contribution is -0.383. The predicted octanol–water partition coefficient (Wildman–Crippen LogP) is 6.23. The van der Waals surface area contributed by atoms with Crippen molar-refractivity contribution < 1.29 is 4.92 Å². The second kappa shape index (κ2) is 6.52. The molecular weight excluding hydrogens is 310 g/mol. The van der Waals surface area contributed by atoms with E-state index < -0.39 is 0 Å². The van der Waals surface area contributed by atoms with Crippen LogP contribution in [0.4, 0.5) is 5.69 Å². The first-order valence-electron chi connectivity index (χ1n) is 8.31. The average Bonchev–Trinajstić information content (AvgIpc) is 2.61. The van der Waals surface area contributed by atoms with Gasteiger partial charge < -0.3 is 0 Å². The Morgan fingerprint density at radius 1 is 0.760 bits per heavy atom. The number of hydrogen-bond donors (Lipinski definition) is 0. The second-order valence-electron chi connectivity index (χ2n) is 7.16. The topological polar surface area (TPSA) is 43.1 Å². The van der Waals surface area contributed by atoms with E-state index in [1.807, 2.05) is 72.8 Å². The van der Waals surface area contributed by atoms with Crippen LogP contribution in [0.3, 0.4) is 0 Å². The fraction of sp³-hybridized carbons (Fsp3) is 0.182. The Bertz CT molecular complexity index is 834. The average molecular weight is 331 g/mol. The fourth-order valence-electron chi connectivity index (χ4n) is 2.94. The zero-order valence-electron chi connectivity index (χ0n) is 14.7. The lowest BCUT2D eigenvalue weighted by Crippen LogP contribution is -2.12. The smallest absolute Gasteiger partial charge is 0.258 e. The van der Waals surface area contributed by atoms with E-state index in [-0.39, 0.29) is 16.0 Å². The summed E-state index contributed by atoms with van der Waals surface area (Å²) in [5, 5.41) is 12.0. The molecule has 0 heterocycles. The lowest BCUT2D eigenvalue weighted by Gasteiger charge is -2.22. The number of nitrogens with zero attached hydrogens (tertiary/aromatic N) is 1. The minimum atomic E-state index is -0.267. The Labute approximate surface area is 148 Å². The summed E-state index contributed by atoms with van der Waals surface area (Å²) in [6.07, 6.45) is 0. The molecule has 25 heavy (non-hydrogen) atoms. The van der Waals surface area contributed by atoms with E-state index in [0.717, 1.165) is 16.7 Å². The van der Waals surface area contributed by atoms with Crippen molar-refractivity contribution in [2.24, 2.45) is 0 Å². The van der Waals surface area contributed by atoms with Crippen LogP contribution in [0.5, 0.6) is 0 Å². The summed E-state index contributed by atoms with van der Waals surface area (Å²) in [5.74, 6) is 0. The molecule has 0 saturated carbocycles. The lowest BCUT2D eigenvalue weighted by atomic mass is 9.82. The van der Waals surface area contributed by atoms with E-state index in [9.17, 15) is 10.1 Å². The van der Waals surface area contributed by atoms with E-state index in [2.05, 4.69) is 20.8 Å². The highest BCUT2D eigenvalue weighted by Crippen LogP contribution is 2.42. The van der Waals surface area contributed by atoms with Gasteiger partial charge in [-0.25, -0.2) is 0 Å². The number of nitro benzene ring substituents is 1. The maximum Gasteiger partial charge on any atom is 0.284 e. The molecule has 0 amide bonds. The minimum Gasteiger partial charge on any atom is -0.258 e. The third kappa shape index (κ3) is 3.45. The molecule has 0 radical (unpaired) electrons. The molecule has 0 spiro atoms. The first-order chi connectivity index (χ1) is 11.9. The molecule has 126 valence electrons. The summed E-state index contributed by atoms with van der Waals surface area (Å²) in [6, 6.07) is 23.1. The molecule has 0 saturated heterocycles. The van der Waals surface area contributed by atoms with Crippen LogP contribution in [0.15, 0.2) is 72.8 Å². The molecule has 0 aliphatic carbocycles. The van der Waals surface area contributed by atoms with Crippen molar-refractivity contribution in [1.29, 1.82) is 0 Å². The van der Waals surface area contributed by atoms with Gasteiger partial charge in [-0.05, 0) is 34.2 Å². The van der Waals surface area contributed by atoms with E-state index >= 15 is 0 Å². The molecule has 0 aliphatic heterocycles. The highest BCUT2D eigenvalue weighted by molar-refractivity contribution is 5.87. The fourth-order valence-corrected chi connectivity index (χ4v) is 2.94. The zero-order chi connectivity index (χ0) is 18.0. The Kier molecular flexibility index (Phi) is 4.41. The highest BCUT2D eigenvalue weighted by atomic mass is 16.6. The van der Waals surface area contributed by atoms with Crippen molar-refractivity contribution in [3.63, 3.8) is 0 Å². The summed E-state index contributed by atoms with van der Waals surface area (Å²) in [5.41, 5.74) is 4.17. The van der Waals surface area contributed by atoms with Gasteiger partial charge in [-0.3, -0.25) is 10.1 Å². The summed E-state index contributed by atoms with van der Waals surface area (Å²) >= 11 is 0. The van der Waals surface area contributed by atoms with Crippen molar-refractivity contribution in [3.8, 4) is 22.3 Å². The largest absolute Gasteiger partial charge is 0.284 e. The molecule has 3 heteroatoms. The summed E-state index contributed by atoms with van der Waals surface area (Å²) < 4.78 is 0. The van der Waals surface area contributed by atoms with Crippen LogP contribution < -0.4 is 0 Å². The third-order valence-electron chi connectivity index (χ3n) is 4.33. The normalized spacial score (nSPS) is 11.3. The van der Waals surface area contributed by atoms with Gasteiger partial charge in [0.1, 0.15) is 0 Å². The second-order valence-corrected chi connectivity index (χ2v) is 7.16. The van der Waals surface area contributed by atoms with Crippen LogP contribution >= 0.6 is 0 Å². The van der Waals surface area contributed by atoms with Crippen LogP contribution in [0.25, 0.3) is 22.3 Å². The SMILES string of the molecule is CC(C)(C)c1cc(-c2ccccc2)c([N+](=O)[O-])c(-c2ccccc2)c1. The van der Waals surface area contributed by atoms with Crippen LogP contribution in [0, 0.1) is 10.1 Å². The Morgan fingerprint density at radius 2 is 1.16 bits per heavy atom. The Balaban J connectivity index is 2.39. The molecular formula is C22H21NO2. The van der Waals surface area contributed by atoms with E-state index in [1.54, 1.807) is 0 Å². The maximum atomic E-state index is 12.0. The Morgan fingerprint density at radius 3 is 1.48 bits per heavy atom. The van der Waals surface area contributed by atoms with Gasteiger partial charge in [0.2, 0.25) is 0 Å². The Hall–Kier alpha value is -2.94. The van der Waals surface area contributed by atoms with E-state index in [0.29, 0.717) is 11.1 Å². The monoisotopic (exact) mass is 331 g/mol. The molecule has 3 rings (SSSR count). The number of benzene rings is 3. The molecule has 0 N–H and O–H groups in total. The van der Waals surface area contributed by atoms with Gasteiger partial charge in [0, 0.05) is 0 Å². The summed E-state index contributed by atoms with van der Waals surface area (Å²) in [6.45, 7) is 6.37. The standard InChI is InChI=1S/C22H21NO2/c1-22(2,3)18-14-19(16-10-6-4-7-11-16)21(23(24)25)20(15-18)17-12-8-5-9-13-17/h4-15H,1-3H3. The highest BCUT2D eigenvalue weighted by Gasteiger charge is 2.26. The van der Waals surface area contributed by atoms with Crippen molar-refractivity contribution in [3.05, 3.63) is 88.5 Å². The molecule has 0 aromatic heterocycles. The third-order valence-corrected chi connectivity index (χ3v) is 4.33. The van der Waals surface area contributed by atoms with Crippen LogP contribution in [-0.4, -0.2) is 4.92 Å². The van der Waals surface area contributed by atoms with Crippen molar-refractivity contribution >= 4 is 5.69 Å². The quantitative estimate of drug-likeness (QED) is 0.422. The van der Waals surface area contributed by atoms with Crippen LogP contribution in [-0.2, 0) is 5.41 Å². The molecule has 3 aromatic rings. The number of hydrogen-bond acceptors (Lipinski definition) is 2. The number of rotatable bonds is 3. The van der Waals surface area contributed by atoms with Crippen LogP contribution in [0.1, 0.15) is 26.3 Å².